The molecule has 0 aliphatic heterocycles. The highest BCUT2D eigenvalue weighted by atomic mass is 16.5. The van der Waals surface area contributed by atoms with Crippen molar-refractivity contribution in [3.8, 4) is 17.1 Å². The number of carbonyl (C=O) groups excluding carboxylic acids is 1. The number of benzene rings is 2. The quantitative estimate of drug-likeness (QED) is 0.575. The summed E-state index contributed by atoms with van der Waals surface area (Å²) in [6, 6.07) is 20.2. The van der Waals surface area contributed by atoms with E-state index in [0.29, 0.717) is 17.1 Å². The molecule has 0 spiro atoms. The van der Waals surface area contributed by atoms with Crippen LogP contribution in [0, 0.1) is 0 Å². The molecule has 1 heterocycles. The maximum Gasteiger partial charge on any atom is 0.271 e. The summed E-state index contributed by atoms with van der Waals surface area (Å²) in [5.41, 5.74) is 3.95. The molecule has 120 valence electrons. The van der Waals surface area contributed by atoms with E-state index in [9.17, 15) is 4.79 Å². The van der Waals surface area contributed by atoms with Crippen LogP contribution in [0.1, 0.15) is 16.1 Å². The molecule has 0 unspecified atom stereocenters. The number of carbonyl (C=O) groups is 1. The van der Waals surface area contributed by atoms with Crippen LogP contribution >= 0.6 is 0 Å². The first-order valence-corrected chi connectivity index (χ1v) is 7.39. The molecule has 0 aliphatic rings. The van der Waals surface area contributed by atoms with E-state index < -0.39 is 0 Å². The normalized spacial score (nSPS) is 10.7. The van der Waals surface area contributed by atoms with Crippen molar-refractivity contribution in [1.29, 1.82) is 0 Å². The summed E-state index contributed by atoms with van der Waals surface area (Å²) in [4.78, 5) is 12.0. The maximum atomic E-state index is 12.0. The lowest BCUT2D eigenvalue weighted by molar-refractivity contribution is 0.0955. The highest BCUT2D eigenvalue weighted by molar-refractivity contribution is 5.94. The van der Waals surface area contributed by atoms with E-state index >= 15 is 0 Å². The standard InChI is InChI=1S/C19H16N2O3/c1-23-16-9-7-15(8-10-16)19(22)21-20-13-17-11-12-18(24-17)14-5-3-2-4-6-14/h2-13H,1H3,(H,21,22)/b20-13-. The number of hydrogen-bond acceptors (Lipinski definition) is 4. The van der Waals surface area contributed by atoms with Gasteiger partial charge in [0.15, 0.2) is 0 Å². The highest BCUT2D eigenvalue weighted by Crippen LogP contribution is 2.20. The highest BCUT2D eigenvalue weighted by Gasteiger charge is 2.05. The van der Waals surface area contributed by atoms with Gasteiger partial charge < -0.3 is 9.15 Å². The summed E-state index contributed by atoms with van der Waals surface area (Å²) in [5, 5.41) is 3.92. The minimum Gasteiger partial charge on any atom is -0.497 e. The molecule has 5 heteroatoms. The SMILES string of the molecule is COc1ccc(C(=O)N/N=C\c2ccc(-c3ccccc3)o2)cc1. The van der Waals surface area contributed by atoms with Gasteiger partial charge in [-0.25, -0.2) is 5.43 Å². The average molecular weight is 320 g/mol. The van der Waals surface area contributed by atoms with Crippen molar-refractivity contribution in [2.45, 2.75) is 0 Å². The molecule has 1 amide bonds. The summed E-state index contributed by atoms with van der Waals surface area (Å²) in [6.45, 7) is 0. The van der Waals surface area contributed by atoms with Crippen LogP contribution in [0.4, 0.5) is 0 Å². The zero-order valence-corrected chi connectivity index (χ0v) is 13.1. The zero-order chi connectivity index (χ0) is 16.8. The number of nitrogens with one attached hydrogen (secondary N) is 1. The molecule has 1 aromatic heterocycles. The van der Waals surface area contributed by atoms with Crippen LogP contribution in [0.5, 0.6) is 5.75 Å². The van der Waals surface area contributed by atoms with Crippen LogP contribution in [-0.4, -0.2) is 19.2 Å². The molecule has 0 fully saturated rings. The Morgan fingerprint density at radius 2 is 1.79 bits per heavy atom. The van der Waals surface area contributed by atoms with Crippen LogP contribution in [0.15, 0.2) is 76.2 Å². The van der Waals surface area contributed by atoms with Gasteiger partial charge in [-0.3, -0.25) is 4.79 Å². The lowest BCUT2D eigenvalue weighted by Crippen LogP contribution is -2.17. The van der Waals surface area contributed by atoms with Gasteiger partial charge in [0.25, 0.3) is 5.91 Å². The summed E-state index contributed by atoms with van der Waals surface area (Å²) in [5.74, 6) is 1.70. The Morgan fingerprint density at radius 3 is 2.50 bits per heavy atom. The number of ether oxygens (including phenoxy) is 1. The third-order valence-corrected chi connectivity index (χ3v) is 3.40. The second-order valence-electron chi connectivity index (χ2n) is 5.00. The van der Waals surface area contributed by atoms with E-state index in [4.69, 9.17) is 9.15 Å². The van der Waals surface area contributed by atoms with Crippen LogP contribution in [0.3, 0.4) is 0 Å². The first-order chi connectivity index (χ1) is 11.8. The number of methoxy groups -OCH3 is 1. The van der Waals surface area contributed by atoms with Crippen LogP contribution in [-0.2, 0) is 0 Å². The van der Waals surface area contributed by atoms with Crippen LogP contribution in [0.2, 0.25) is 0 Å². The van der Waals surface area contributed by atoms with Gasteiger partial charge in [-0.2, -0.15) is 5.10 Å². The van der Waals surface area contributed by atoms with Gasteiger partial charge in [0.05, 0.1) is 13.3 Å². The first kappa shape index (κ1) is 15.6. The Morgan fingerprint density at radius 1 is 1.04 bits per heavy atom. The number of nitrogens with zero attached hydrogens (tertiary/aromatic N) is 1. The van der Waals surface area contributed by atoms with Gasteiger partial charge in [-0.15, -0.1) is 0 Å². The zero-order valence-electron chi connectivity index (χ0n) is 13.1. The molecule has 0 radical (unpaired) electrons. The fourth-order valence-electron chi connectivity index (χ4n) is 2.14. The lowest BCUT2D eigenvalue weighted by Gasteiger charge is -2.01. The van der Waals surface area contributed by atoms with Gasteiger partial charge in [-0.05, 0) is 36.4 Å². The largest absolute Gasteiger partial charge is 0.497 e. The number of hydrazone groups is 1. The van der Waals surface area contributed by atoms with Crippen molar-refractivity contribution in [2.75, 3.05) is 7.11 Å². The average Bonchev–Trinajstić information content (AvgIpc) is 3.11. The van der Waals surface area contributed by atoms with E-state index in [1.165, 1.54) is 6.21 Å². The van der Waals surface area contributed by atoms with Gasteiger partial charge in [-0.1, -0.05) is 30.3 Å². The summed E-state index contributed by atoms with van der Waals surface area (Å²) in [6.07, 6.45) is 1.47. The second kappa shape index (κ2) is 7.28. The van der Waals surface area contributed by atoms with Crippen LogP contribution in [0.25, 0.3) is 11.3 Å². The molecule has 0 saturated heterocycles. The molecule has 3 rings (SSSR count). The van der Waals surface area contributed by atoms with Crippen molar-refractivity contribution < 1.29 is 13.9 Å². The van der Waals surface area contributed by atoms with E-state index in [1.54, 1.807) is 37.4 Å². The van der Waals surface area contributed by atoms with Crippen molar-refractivity contribution in [3.05, 3.63) is 78.1 Å². The van der Waals surface area contributed by atoms with Gasteiger partial charge in [0.1, 0.15) is 17.3 Å². The van der Waals surface area contributed by atoms with Gasteiger partial charge >= 0.3 is 0 Å². The Balaban J connectivity index is 1.62. The van der Waals surface area contributed by atoms with E-state index in [1.807, 2.05) is 36.4 Å². The molecule has 1 N–H and O–H groups in total. The minimum absolute atomic E-state index is 0.302. The number of amides is 1. The molecule has 0 bridgehead atoms. The topological polar surface area (TPSA) is 63.8 Å². The number of furan rings is 1. The van der Waals surface area contributed by atoms with Crippen molar-refractivity contribution in [2.24, 2.45) is 5.10 Å². The first-order valence-electron chi connectivity index (χ1n) is 7.39. The van der Waals surface area contributed by atoms with Gasteiger partial charge in [0.2, 0.25) is 0 Å². The molecule has 0 aliphatic carbocycles. The molecule has 0 saturated carbocycles. The Hall–Kier alpha value is -3.34. The second-order valence-corrected chi connectivity index (χ2v) is 5.00. The van der Waals surface area contributed by atoms with E-state index in [0.717, 1.165) is 11.3 Å². The van der Waals surface area contributed by atoms with Crippen molar-refractivity contribution in [1.82, 2.24) is 5.43 Å². The van der Waals surface area contributed by atoms with E-state index in [-0.39, 0.29) is 5.91 Å². The molecule has 2 aromatic carbocycles. The molecule has 0 atom stereocenters. The van der Waals surface area contributed by atoms with E-state index in [2.05, 4.69) is 10.5 Å². The summed E-state index contributed by atoms with van der Waals surface area (Å²) < 4.78 is 10.7. The summed E-state index contributed by atoms with van der Waals surface area (Å²) >= 11 is 0. The predicted molar refractivity (Wildman–Crippen MR) is 92.2 cm³/mol. The maximum absolute atomic E-state index is 12.0. The fourth-order valence-corrected chi connectivity index (χ4v) is 2.14. The third-order valence-electron chi connectivity index (χ3n) is 3.40. The third kappa shape index (κ3) is 3.70. The monoisotopic (exact) mass is 320 g/mol. The summed E-state index contributed by atoms with van der Waals surface area (Å²) in [7, 11) is 1.58. The number of hydrogen-bond donors (Lipinski definition) is 1. The van der Waals surface area contributed by atoms with Crippen LogP contribution < -0.4 is 10.2 Å². The minimum atomic E-state index is -0.302. The molecular weight excluding hydrogens is 304 g/mol. The molecule has 5 nitrogen and oxygen atoms in total. The Kier molecular flexibility index (Phi) is 4.72. The van der Waals surface area contributed by atoms with Crippen molar-refractivity contribution >= 4 is 12.1 Å². The Bertz CT molecular complexity index is 837. The lowest BCUT2D eigenvalue weighted by atomic mass is 10.2. The molecular formula is C19H16N2O3. The predicted octanol–water partition coefficient (Wildman–Crippen LogP) is 3.72. The molecule has 24 heavy (non-hydrogen) atoms. The fraction of sp³-hybridized carbons (Fsp3) is 0.0526. The molecule has 3 aromatic rings. The Labute approximate surface area is 139 Å². The number of rotatable bonds is 5. The van der Waals surface area contributed by atoms with Crippen molar-refractivity contribution in [3.63, 3.8) is 0 Å². The smallest absolute Gasteiger partial charge is 0.271 e. The van der Waals surface area contributed by atoms with Gasteiger partial charge in [0, 0.05) is 11.1 Å².